The molecule has 1 saturated heterocycles. The lowest BCUT2D eigenvalue weighted by Crippen LogP contribution is -2.35. The Labute approximate surface area is 145 Å². The van der Waals surface area contributed by atoms with Crippen LogP contribution in [-0.4, -0.2) is 39.5 Å². The smallest absolute Gasteiger partial charge is 0.228 e. The van der Waals surface area contributed by atoms with E-state index in [9.17, 15) is 4.79 Å². The standard InChI is InChI=1S/C16H23N5O2S/c1-12-4-7-20(8-5-12)15-18-19-16(24-10-6-14(17)22)21(15)11-13-3-2-9-23-13/h2-3,9,12H,4-8,10-11H2,1H3,(H2,17,22). The van der Waals surface area contributed by atoms with E-state index >= 15 is 0 Å². The van der Waals surface area contributed by atoms with Gasteiger partial charge < -0.3 is 15.1 Å². The molecule has 3 rings (SSSR count). The van der Waals surface area contributed by atoms with Gasteiger partial charge in [-0.25, -0.2) is 0 Å². The van der Waals surface area contributed by atoms with Gasteiger partial charge in [-0.1, -0.05) is 18.7 Å². The summed E-state index contributed by atoms with van der Waals surface area (Å²) in [5, 5.41) is 9.52. The largest absolute Gasteiger partial charge is 0.467 e. The molecule has 7 nitrogen and oxygen atoms in total. The molecular weight excluding hydrogens is 326 g/mol. The van der Waals surface area contributed by atoms with E-state index in [0.29, 0.717) is 18.7 Å². The Bertz CT molecular complexity index is 662. The highest BCUT2D eigenvalue weighted by Crippen LogP contribution is 2.27. The monoisotopic (exact) mass is 349 g/mol. The van der Waals surface area contributed by atoms with Crippen LogP contribution < -0.4 is 10.6 Å². The minimum absolute atomic E-state index is 0.301. The first-order chi connectivity index (χ1) is 11.6. The summed E-state index contributed by atoms with van der Waals surface area (Å²) in [6.45, 7) is 4.85. The quantitative estimate of drug-likeness (QED) is 0.770. The molecule has 1 fully saturated rings. The number of piperidine rings is 1. The van der Waals surface area contributed by atoms with E-state index in [-0.39, 0.29) is 5.91 Å². The average molecular weight is 349 g/mol. The van der Waals surface area contributed by atoms with Crippen LogP contribution in [0, 0.1) is 5.92 Å². The van der Waals surface area contributed by atoms with Crippen molar-refractivity contribution in [2.24, 2.45) is 11.7 Å². The van der Waals surface area contributed by atoms with Crippen molar-refractivity contribution in [1.82, 2.24) is 14.8 Å². The average Bonchev–Trinajstić information content (AvgIpc) is 3.19. The van der Waals surface area contributed by atoms with Crippen molar-refractivity contribution in [2.75, 3.05) is 23.7 Å². The van der Waals surface area contributed by atoms with Crippen LogP contribution in [0.3, 0.4) is 0 Å². The molecule has 0 unspecified atom stereocenters. The highest BCUT2D eigenvalue weighted by atomic mass is 32.2. The zero-order chi connectivity index (χ0) is 16.9. The number of thioether (sulfide) groups is 1. The molecule has 3 heterocycles. The molecule has 0 bridgehead atoms. The molecule has 24 heavy (non-hydrogen) atoms. The first-order valence-electron chi connectivity index (χ1n) is 8.25. The summed E-state index contributed by atoms with van der Waals surface area (Å²) in [4.78, 5) is 13.2. The number of furan rings is 1. The third-order valence-corrected chi connectivity index (χ3v) is 5.21. The summed E-state index contributed by atoms with van der Waals surface area (Å²) < 4.78 is 7.56. The molecule has 0 radical (unpaired) electrons. The van der Waals surface area contributed by atoms with Crippen LogP contribution in [0.4, 0.5) is 5.95 Å². The van der Waals surface area contributed by atoms with Gasteiger partial charge >= 0.3 is 0 Å². The molecule has 0 aromatic carbocycles. The Morgan fingerprint density at radius 3 is 2.88 bits per heavy atom. The first kappa shape index (κ1) is 16.9. The van der Waals surface area contributed by atoms with Crippen molar-refractivity contribution < 1.29 is 9.21 Å². The van der Waals surface area contributed by atoms with Gasteiger partial charge in [0, 0.05) is 25.3 Å². The molecule has 0 atom stereocenters. The van der Waals surface area contributed by atoms with E-state index in [1.54, 1.807) is 6.26 Å². The molecule has 1 aliphatic rings. The van der Waals surface area contributed by atoms with Gasteiger partial charge in [0.2, 0.25) is 11.9 Å². The third kappa shape index (κ3) is 4.11. The second-order valence-electron chi connectivity index (χ2n) is 6.18. The lowest BCUT2D eigenvalue weighted by Gasteiger charge is -2.31. The van der Waals surface area contributed by atoms with Gasteiger partial charge in [-0.2, -0.15) is 0 Å². The minimum Gasteiger partial charge on any atom is -0.467 e. The van der Waals surface area contributed by atoms with Crippen LogP contribution in [0.25, 0.3) is 0 Å². The van der Waals surface area contributed by atoms with Crippen LogP contribution in [0.5, 0.6) is 0 Å². The molecule has 2 aromatic heterocycles. The number of carbonyl (C=O) groups is 1. The van der Waals surface area contributed by atoms with Gasteiger partial charge in [-0.3, -0.25) is 9.36 Å². The van der Waals surface area contributed by atoms with E-state index in [1.165, 1.54) is 11.8 Å². The number of primary amides is 1. The summed E-state index contributed by atoms with van der Waals surface area (Å²) in [7, 11) is 0. The van der Waals surface area contributed by atoms with Crippen molar-refractivity contribution >= 4 is 23.6 Å². The fourth-order valence-corrected chi connectivity index (χ4v) is 3.66. The second kappa shape index (κ2) is 7.74. The fourth-order valence-electron chi connectivity index (χ4n) is 2.77. The zero-order valence-corrected chi connectivity index (χ0v) is 14.7. The number of amides is 1. The summed E-state index contributed by atoms with van der Waals surface area (Å²) in [5.41, 5.74) is 5.22. The Balaban J connectivity index is 1.79. The normalized spacial score (nSPS) is 15.8. The molecule has 2 N–H and O–H groups in total. The van der Waals surface area contributed by atoms with Gasteiger partial charge in [0.15, 0.2) is 5.16 Å². The number of nitrogens with zero attached hydrogens (tertiary/aromatic N) is 4. The number of nitrogens with two attached hydrogens (primary N) is 1. The van der Waals surface area contributed by atoms with E-state index in [1.807, 2.05) is 12.1 Å². The van der Waals surface area contributed by atoms with Crippen LogP contribution in [0.15, 0.2) is 28.0 Å². The number of anilines is 1. The van der Waals surface area contributed by atoms with E-state index in [0.717, 1.165) is 48.7 Å². The molecule has 0 aliphatic carbocycles. The van der Waals surface area contributed by atoms with Crippen molar-refractivity contribution in [3.05, 3.63) is 24.2 Å². The van der Waals surface area contributed by atoms with Gasteiger partial charge in [-0.05, 0) is 30.9 Å². The topological polar surface area (TPSA) is 90.2 Å². The summed E-state index contributed by atoms with van der Waals surface area (Å²) in [6.07, 6.45) is 4.33. The third-order valence-electron chi connectivity index (χ3n) is 4.24. The molecule has 1 amide bonds. The maximum Gasteiger partial charge on any atom is 0.228 e. The lowest BCUT2D eigenvalue weighted by atomic mass is 10.00. The SMILES string of the molecule is CC1CCN(c2nnc(SCCC(N)=O)n2Cc2ccco2)CC1. The summed E-state index contributed by atoms with van der Waals surface area (Å²) in [5.74, 6) is 2.79. The number of carbonyl (C=O) groups excluding carboxylic acids is 1. The number of hydrogen-bond donors (Lipinski definition) is 1. The highest BCUT2D eigenvalue weighted by Gasteiger charge is 2.23. The van der Waals surface area contributed by atoms with Gasteiger partial charge in [0.05, 0.1) is 12.8 Å². The summed E-state index contributed by atoms with van der Waals surface area (Å²) >= 11 is 1.50. The van der Waals surface area contributed by atoms with Gasteiger partial charge in [-0.15, -0.1) is 10.2 Å². The Morgan fingerprint density at radius 2 is 2.21 bits per heavy atom. The van der Waals surface area contributed by atoms with E-state index in [4.69, 9.17) is 10.2 Å². The van der Waals surface area contributed by atoms with Crippen molar-refractivity contribution in [2.45, 2.75) is 37.9 Å². The molecule has 0 saturated carbocycles. The van der Waals surface area contributed by atoms with Crippen molar-refractivity contribution in [3.8, 4) is 0 Å². The molecule has 1 aliphatic heterocycles. The Hall–Kier alpha value is -1.96. The zero-order valence-electron chi connectivity index (χ0n) is 13.9. The maximum atomic E-state index is 11.0. The fraction of sp³-hybridized carbons (Fsp3) is 0.562. The highest BCUT2D eigenvalue weighted by molar-refractivity contribution is 7.99. The first-order valence-corrected chi connectivity index (χ1v) is 9.23. The van der Waals surface area contributed by atoms with Crippen molar-refractivity contribution in [1.29, 1.82) is 0 Å². The predicted octanol–water partition coefficient (Wildman–Crippen LogP) is 2.12. The second-order valence-corrected chi connectivity index (χ2v) is 7.24. The molecule has 130 valence electrons. The van der Waals surface area contributed by atoms with Crippen LogP contribution in [-0.2, 0) is 11.3 Å². The number of rotatable bonds is 7. The molecule has 2 aromatic rings. The van der Waals surface area contributed by atoms with E-state index < -0.39 is 0 Å². The summed E-state index contributed by atoms with van der Waals surface area (Å²) in [6, 6.07) is 3.82. The minimum atomic E-state index is -0.301. The van der Waals surface area contributed by atoms with Crippen LogP contribution >= 0.6 is 11.8 Å². The molecular formula is C16H23N5O2S. The van der Waals surface area contributed by atoms with Crippen LogP contribution in [0.1, 0.15) is 31.9 Å². The van der Waals surface area contributed by atoms with Crippen molar-refractivity contribution in [3.63, 3.8) is 0 Å². The Morgan fingerprint density at radius 1 is 1.42 bits per heavy atom. The lowest BCUT2D eigenvalue weighted by molar-refractivity contribution is -0.117. The molecule has 8 heteroatoms. The number of aromatic nitrogens is 3. The Kier molecular flexibility index (Phi) is 5.44. The number of hydrogen-bond acceptors (Lipinski definition) is 6. The molecule has 0 spiro atoms. The predicted molar refractivity (Wildman–Crippen MR) is 93.0 cm³/mol. The van der Waals surface area contributed by atoms with Gasteiger partial charge in [0.25, 0.3) is 0 Å². The maximum absolute atomic E-state index is 11.0. The van der Waals surface area contributed by atoms with E-state index in [2.05, 4.69) is 26.6 Å². The van der Waals surface area contributed by atoms with Crippen LogP contribution in [0.2, 0.25) is 0 Å². The van der Waals surface area contributed by atoms with Gasteiger partial charge in [0.1, 0.15) is 5.76 Å².